The van der Waals surface area contributed by atoms with Gasteiger partial charge in [-0.05, 0) is 24.5 Å². The summed E-state index contributed by atoms with van der Waals surface area (Å²) in [6, 6.07) is 5.40. The van der Waals surface area contributed by atoms with Gasteiger partial charge in [-0.15, -0.1) is 0 Å². The Balaban J connectivity index is 2.35. The van der Waals surface area contributed by atoms with Crippen LogP contribution in [0.25, 0.3) is 0 Å². The van der Waals surface area contributed by atoms with Crippen LogP contribution in [0.5, 0.6) is 0 Å². The van der Waals surface area contributed by atoms with Gasteiger partial charge in [0.05, 0.1) is 4.83 Å². The molecule has 1 N–H and O–H groups in total. The fourth-order valence-corrected chi connectivity index (χ4v) is 2.20. The lowest BCUT2D eigenvalue weighted by Gasteiger charge is -2.17. The number of carbonyl (C=O) groups is 2. The highest BCUT2D eigenvalue weighted by atomic mass is 79.9. The molecule has 0 spiro atoms. The summed E-state index contributed by atoms with van der Waals surface area (Å²) in [6.07, 6.45) is 1.57. The van der Waals surface area contributed by atoms with Crippen LogP contribution in [0.3, 0.4) is 0 Å². The number of fused-ring (bicyclic) bond motifs is 1. The van der Waals surface area contributed by atoms with Gasteiger partial charge in [0, 0.05) is 17.7 Å². The third kappa shape index (κ3) is 2.41. The van der Waals surface area contributed by atoms with Crippen LogP contribution in [0.2, 0.25) is 0 Å². The van der Waals surface area contributed by atoms with Gasteiger partial charge in [0.2, 0.25) is 0 Å². The SMILES string of the molecule is CCC(Br)C(=O)c1ccc2c(c1)C(=O)NCC2. The Hall–Kier alpha value is -1.16. The van der Waals surface area contributed by atoms with E-state index in [9.17, 15) is 9.59 Å². The summed E-state index contributed by atoms with van der Waals surface area (Å²) in [7, 11) is 0. The number of halogens is 1. The zero-order valence-corrected chi connectivity index (χ0v) is 11.2. The summed E-state index contributed by atoms with van der Waals surface area (Å²) < 4.78 is 0. The van der Waals surface area contributed by atoms with Gasteiger partial charge in [-0.2, -0.15) is 0 Å². The third-order valence-electron chi connectivity index (χ3n) is 2.96. The zero-order chi connectivity index (χ0) is 12.4. The van der Waals surface area contributed by atoms with Crippen LogP contribution in [0.1, 0.15) is 39.6 Å². The second-order valence-corrected chi connectivity index (χ2v) is 5.22. The first-order valence-electron chi connectivity index (χ1n) is 5.73. The number of ketones is 1. The van der Waals surface area contributed by atoms with Crippen molar-refractivity contribution < 1.29 is 9.59 Å². The lowest BCUT2D eigenvalue weighted by Crippen LogP contribution is -2.32. The molecule has 1 unspecified atom stereocenters. The van der Waals surface area contributed by atoms with Crippen molar-refractivity contribution in [2.75, 3.05) is 6.54 Å². The molecule has 2 rings (SSSR count). The zero-order valence-electron chi connectivity index (χ0n) is 9.63. The lowest BCUT2D eigenvalue weighted by atomic mass is 9.95. The molecular formula is C13H14BrNO2. The van der Waals surface area contributed by atoms with Crippen LogP contribution in [-0.2, 0) is 6.42 Å². The van der Waals surface area contributed by atoms with Crippen molar-refractivity contribution >= 4 is 27.6 Å². The number of alkyl halides is 1. The fourth-order valence-electron chi connectivity index (χ4n) is 1.93. The van der Waals surface area contributed by atoms with Crippen molar-refractivity contribution in [2.24, 2.45) is 0 Å². The van der Waals surface area contributed by atoms with E-state index in [1.807, 2.05) is 19.1 Å². The Morgan fingerprint density at radius 3 is 3.00 bits per heavy atom. The Kier molecular flexibility index (Phi) is 3.62. The first-order chi connectivity index (χ1) is 8.13. The average molecular weight is 296 g/mol. The minimum absolute atomic E-state index is 0.0358. The lowest BCUT2D eigenvalue weighted by molar-refractivity contribution is 0.0946. The first-order valence-corrected chi connectivity index (χ1v) is 6.64. The van der Waals surface area contributed by atoms with Crippen molar-refractivity contribution in [1.82, 2.24) is 5.32 Å². The normalized spacial score (nSPS) is 16.0. The molecule has 1 aliphatic heterocycles. The molecule has 0 saturated carbocycles. The van der Waals surface area contributed by atoms with Crippen LogP contribution in [0.15, 0.2) is 18.2 Å². The fraction of sp³-hybridized carbons (Fsp3) is 0.385. The Morgan fingerprint density at radius 2 is 2.29 bits per heavy atom. The number of Topliss-reactive ketones (excluding diaryl/α,β-unsaturated/α-hetero) is 1. The smallest absolute Gasteiger partial charge is 0.251 e. The van der Waals surface area contributed by atoms with E-state index in [2.05, 4.69) is 21.2 Å². The van der Waals surface area contributed by atoms with E-state index in [4.69, 9.17) is 0 Å². The summed E-state index contributed by atoms with van der Waals surface area (Å²) in [5.41, 5.74) is 2.26. The molecule has 0 saturated heterocycles. The van der Waals surface area contributed by atoms with E-state index in [-0.39, 0.29) is 16.5 Å². The molecule has 0 radical (unpaired) electrons. The van der Waals surface area contributed by atoms with Gasteiger partial charge in [-0.3, -0.25) is 9.59 Å². The highest BCUT2D eigenvalue weighted by Crippen LogP contribution is 2.19. The molecule has 1 aromatic rings. The number of hydrogen-bond donors (Lipinski definition) is 1. The molecule has 0 aromatic heterocycles. The highest BCUT2D eigenvalue weighted by Gasteiger charge is 2.20. The minimum atomic E-state index is -0.174. The molecule has 0 bridgehead atoms. The van der Waals surface area contributed by atoms with Crippen LogP contribution < -0.4 is 5.32 Å². The Bertz CT molecular complexity index is 470. The Morgan fingerprint density at radius 1 is 1.53 bits per heavy atom. The van der Waals surface area contributed by atoms with Crippen LogP contribution in [0.4, 0.5) is 0 Å². The van der Waals surface area contributed by atoms with Gasteiger partial charge >= 0.3 is 0 Å². The van der Waals surface area contributed by atoms with Crippen LogP contribution >= 0.6 is 15.9 Å². The quantitative estimate of drug-likeness (QED) is 0.687. The minimum Gasteiger partial charge on any atom is -0.352 e. The third-order valence-corrected chi connectivity index (χ3v) is 4.03. The topological polar surface area (TPSA) is 46.2 Å². The van der Waals surface area contributed by atoms with Gasteiger partial charge in [0.15, 0.2) is 5.78 Å². The summed E-state index contributed by atoms with van der Waals surface area (Å²) in [5, 5.41) is 2.79. The summed E-state index contributed by atoms with van der Waals surface area (Å²) in [4.78, 5) is 23.5. The molecule has 90 valence electrons. The number of carbonyl (C=O) groups excluding carboxylic acids is 2. The maximum absolute atomic E-state index is 12.0. The Labute approximate surface area is 109 Å². The van der Waals surface area contributed by atoms with Crippen molar-refractivity contribution in [3.63, 3.8) is 0 Å². The highest BCUT2D eigenvalue weighted by molar-refractivity contribution is 9.10. The van der Waals surface area contributed by atoms with Gasteiger partial charge in [-0.1, -0.05) is 35.0 Å². The van der Waals surface area contributed by atoms with Gasteiger partial charge < -0.3 is 5.32 Å². The van der Waals surface area contributed by atoms with Crippen LogP contribution in [0, 0.1) is 0 Å². The molecule has 4 heteroatoms. The van der Waals surface area contributed by atoms with E-state index in [0.717, 1.165) is 18.4 Å². The molecule has 1 amide bonds. The maximum atomic E-state index is 12.0. The van der Waals surface area contributed by atoms with Gasteiger partial charge in [-0.25, -0.2) is 0 Å². The van der Waals surface area contributed by atoms with Crippen molar-refractivity contribution in [1.29, 1.82) is 0 Å². The van der Waals surface area contributed by atoms with E-state index >= 15 is 0 Å². The van der Waals surface area contributed by atoms with E-state index in [1.165, 1.54) is 0 Å². The predicted molar refractivity (Wildman–Crippen MR) is 69.8 cm³/mol. The van der Waals surface area contributed by atoms with Gasteiger partial charge in [0.25, 0.3) is 5.91 Å². The number of rotatable bonds is 3. The predicted octanol–water partition coefficient (Wildman–Crippen LogP) is 2.33. The molecule has 1 aromatic carbocycles. The molecular weight excluding hydrogens is 282 g/mol. The second-order valence-electron chi connectivity index (χ2n) is 4.12. The summed E-state index contributed by atoms with van der Waals surface area (Å²) >= 11 is 3.34. The van der Waals surface area contributed by atoms with Crippen molar-refractivity contribution in [3.8, 4) is 0 Å². The van der Waals surface area contributed by atoms with Crippen molar-refractivity contribution in [2.45, 2.75) is 24.6 Å². The number of hydrogen-bond acceptors (Lipinski definition) is 2. The van der Waals surface area contributed by atoms with Crippen LogP contribution in [-0.4, -0.2) is 23.1 Å². The maximum Gasteiger partial charge on any atom is 0.251 e. The molecule has 1 atom stereocenters. The van der Waals surface area contributed by atoms with E-state index in [1.54, 1.807) is 6.07 Å². The molecule has 1 aliphatic rings. The second kappa shape index (κ2) is 5.00. The first kappa shape index (κ1) is 12.3. The largest absolute Gasteiger partial charge is 0.352 e. The number of nitrogens with one attached hydrogen (secondary N) is 1. The molecule has 1 heterocycles. The van der Waals surface area contributed by atoms with Crippen molar-refractivity contribution in [3.05, 3.63) is 34.9 Å². The molecule has 0 aliphatic carbocycles. The van der Waals surface area contributed by atoms with Gasteiger partial charge in [0.1, 0.15) is 0 Å². The van der Waals surface area contributed by atoms with E-state index < -0.39 is 0 Å². The average Bonchev–Trinajstić information content (AvgIpc) is 2.37. The summed E-state index contributed by atoms with van der Waals surface area (Å²) in [6.45, 7) is 2.62. The molecule has 0 fully saturated rings. The number of benzene rings is 1. The molecule has 17 heavy (non-hydrogen) atoms. The number of amides is 1. The monoisotopic (exact) mass is 295 g/mol. The van der Waals surface area contributed by atoms with E-state index in [0.29, 0.717) is 17.7 Å². The summed E-state index contributed by atoms with van der Waals surface area (Å²) in [5.74, 6) is -0.0443. The standard InChI is InChI=1S/C13H14BrNO2/c1-2-11(14)12(16)9-4-3-8-5-6-15-13(17)10(8)7-9/h3-4,7,11H,2,5-6H2,1H3,(H,15,17). The molecule has 3 nitrogen and oxygen atoms in total.